The minimum atomic E-state index is -0.148. The van der Waals surface area contributed by atoms with Crippen molar-refractivity contribution in [3.8, 4) is 0 Å². The van der Waals surface area contributed by atoms with E-state index in [4.69, 9.17) is 0 Å². The maximum atomic E-state index is 13.3. The van der Waals surface area contributed by atoms with E-state index in [2.05, 4.69) is 29.6 Å². The first kappa shape index (κ1) is 12.4. The van der Waals surface area contributed by atoms with Gasteiger partial charge in [-0.15, -0.1) is 0 Å². The molecule has 0 amide bonds. The standard InChI is InChI=1S/C17H18FN/c18-16-8-4-7-14(12-16)17-15(9-10-19-17)11-13-5-2-1-3-6-13/h1-8,12,15,17,19H,9-11H2. The lowest BCUT2D eigenvalue weighted by molar-refractivity contribution is 0.458. The van der Waals surface area contributed by atoms with Gasteiger partial charge in [-0.2, -0.15) is 0 Å². The highest BCUT2D eigenvalue weighted by molar-refractivity contribution is 5.24. The van der Waals surface area contributed by atoms with E-state index in [9.17, 15) is 4.39 Å². The van der Waals surface area contributed by atoms with Crippen LogP contribution in [0.3, 0.4) is 0 Å². The van der Waals surface area contributed by atoms with Crippen molar-refractivity contribution >= 4 is 0 Å². The molecule has 0 aliphatic carbocycles. The number of hydrogen-bond donors (Lipinski definition) is 1. The molecule has 1 N–H and O–H groups in total. The third kappa shape index (κ3) is 2.85. The quantitative estimate of drug-likeness (QED) is 0.881. The molecule has 0 radical (unpaired) electrons. The zero-order valence-corrected chi connectivity index (χ0v) is 10.9. The Balaban J connectivity index is 1.78. The molecule has 2 aromatic rings. The SMILES string of the molecule is Fc1cccc(C2NCCC2Cc2ccccc2)c1. The lowest BCUT2D eigenvalue weighted by Gasteiger charge is -2.20. The van der Waals surface area contributed by atoms with E-state index >= 15 is 0 Å². The van der Waals surface area contributed by atoms with Gasteiger partial charge >= 0.3 is 0 Å². The highest BCUT2D eigenvalue weighted by atomic mass is 19.1. The molecule has 0 saturated carbocycles. The molecule has 1 nitrogen and oxygen atoms in total. The van der Waals surface area contributed by atoms with Gasteiger partial charge in [0.25, 0.3) is 0 Å². The van der Waals surface area contributed by atoms with Crippen LogP contribution in [0.15, 0.2) is 54.6 Å². The Morgan fingerprint density at radius 3 is 2.68 bits per heavy atom. The summed E-state index contributed by atoms with van der Waals surface area (Å²) in [5.41, 5.74) is 2.43. The molecule has 2 heteroatoms. The van der Waals surface area contributed by atoms with Gasteiger partial charge in [-0.05, 0) is 48.6 Å². The molecule has 98 valence electrons. The normalized spacial score (nSPS) is 22.6. The molecule has 1 heterocycles. The smallest absolute Gasteiger partial charge is 0.123 e. The molecule has 3 rings (SSSR count). The van der Waals surface area contributed by atoms with E-state index in [1.54, 1.807) is 12.1 Å². The van der Waals surface area contributed by atoms with Gasteiger partial charge in [0.05, 0.1) is 0 Å². The lowest BCUT2D eigenvalue weighted by Crippen LogP contribution is -2.19. The first-order valence-electron chi connectivity index (χ1n) is 6.86. The molecule has 19 heavy (non-hydrogen) atoms. The van der Waals surface area contributed by atoms with Gasteiger partial charge in [0.1, 0.15) is 5.82 Å². The van der Waals surface area contributed by atoms with Crippen molar-refractivity contribution in [3.63, 3.8) is 0 Å². The first-order valence-corrected chi connectivity index (χ1v) is 6.86. The predicted molar refractivity (Wildman–Crippen MR) is 75.4 cm³/mol. The third-order valence-electron chi connectivity index (χ3n) is 3.90. The van der Waals surface area contributed by atoms with Crippen LogP contribution in [0.2, 0.25) is 0 Å². The second-order valence-electron chi connectivity index (χ2n) is 5.23. The highest BCUT2D eigenvalue weighted by Crippen LogP contribution is 2.32. The zero-order valence-electron chi connectivity index (χ0n) is 10.9. The van der Waals surface area contributed by atoms with Crippen LogP contribution in [0.1, 0.15) is 23.6 Å². The second kappa shape index (κ2) is 5.54. The number of halogens is 1. The van der Waals surface area contributed by atoms with Crippen LogP contribution in [0.5, 0.6) is 0 Å². The van der Waals surface area contributed by atoms with Gasteiger partial charge in [0.15, 0.2) is 0 Å². The van der Waals surface area contributed by atoms with Crippen LogP contribution in [0.4, 0.5) is 4.39 Å². The van der Waals surface area contributed by atoms with Gasteiger partial charge in [0.2, 0.25) is 0 Å². The van der Waals surface area contributed by atoms with Gasteiger partial charge in [0, 0.05) is 6.04 Å². The number of hydrogen-bond acceptors (Lipinski definition) is 1. The Kier molecular flexibility index (Phi) is 3.60. The average molecular weight is 255 g/mol. The van der Waals surface area contributed by atoms with Crippen LogP contribution < -0.4 is 5.32 Å². The number of rotatable bonds is 3. The summed E-state index contributed by atoms with van der Waals surface area (Å²) in [4.78, 5) is 0. The fourth-order valence-electron chi connectivity index (χ4n) is 2.98. The van der Waals surface area contributed by atoms with Gasteiger partial charge in [-0.1, -0.05) is 42.5 Å². The molecule has 0 spiro atoms. The van der Waals surface area contributed by atoms with Crippen molar-refractivity contribution in [3.05, 3.63) is 71.5 Å². The summed E-state index contributed by atoms with van der Waals surface area (Å²) in [7, 11) is 0. The summed E-state index contributed by atoms with van der Waals surface area (Å²) in [6, 6.07) is 17.8. The molecule has 1 aliphatic heterocycles. The van der Waals surface area contributed by atoms with E-state index in [0.717, 1.165) is 24.9 Å². The molecular weight excluding hydrogens is 237 g/mol. The summed E-state index contributed by atoms with van der Waals surface area (Å²) < 4.78 is 13.3. The Hall–Kier alpha value is -1.67. The van der Waals surface area contributed by atoms with E-state index in [-0.39, 0.29) is 11.9 Å². The minimum absolute atomic E-state index is 0.148. The van der Waals surface area contributed by atoms with Crippen LogP contribution >= 0.6 is 0 Å². The molecule has 2 unspecified atom stereocenters. The van der Waals surface area contributed by atoms with Crippen LogP contribution in [-0.4, -0.2) is 6.54 Å². The van der Waals surface area contributed by atoms with Gasteiger partial charge in [-0.25, -0.2) is 4.39 Å². The average Bonchev–Trinajstić information content (AvgIpc) is 2.88. The Morgan fingerprint density at radius 1 is 1.05 bits per heavy atom. The summed E-state index contributed by atoms with van der Waals surface area (Å²) in [6.07, 6.45) is 2.20. The largest absolute Gasteiger partial charge is 0.310 e. The van der Waals surface area contributed by atoms with Crippen molar-refractivity contribution in [2.45, 2.75) is 18.9 Å². The highest BCUT2D eigenvalue weighted by Gasteiger charge is 2.28. The van der Waals surface area contributed by atoms with E-state index < -0.39 is 0 Å². The van der Waals surface area contributed by atoms with Crippen molar-refractivity contribution in [2.75, 3.05) is 6.54 Å². The molecular formula is C17H18FN. The maximum Gasteiger partial charge on any atom is 0.123 e. The zero-order chi connectivity index (χ0) is 13.1. The van der Waals surface area contributed by atoms with Crippen molar-refractivity contribution < 1.29 is 4.39 Å². The Bertz CT molecular complexity index is 538. The third-order valence-corrected chi connectivity index (χ3v) is 3.90. The van der Waals surface area contributed by atoms with Crippen LogP contribution in [0, 0.1) is 11.7 Å². The van der Waals surface area contributed by atoms with Crippen molar-refractivity contribution in [1.29, 1.82) is 0 Å². The monoisotopic (exact) mass is 255 g/mol. The first-order chi connectivity index (χ1) is 9.33. The Labute approximate surface area is 113 Å². The van der Waals surface area contributed by atoms with Crippen LogP contribution in [0.25, 0.3) is 0 Å². The molecule has 2 aromatic carbocycles. The van der Waals surface area contributed by atoms with Crippen LogP contribution in [-0.2, 0) is 6.42 Å². The molecule has 1 aliphatic rings. The minimum Gasteiger partial charge on any atom is -0.310 e. The topological polar surface area (TPSA) is 12.0 Å². The van der Waals surface area contributed by atoms with E-state index in [1.807, 2.05) is 12.1 Å². The molecule has 1 fully saturated rings. The second-order valence-corrected chi connectivity index (χ2v) is 5.23. The lowest BCUT2D eigenvalue weighted by atomic mass is 9.88. The Morgan fingerprint density at radius 2 is 1.89 bits per heavy atom. The number of benzene rings is 2. The summed E-state index contributed by atoms with van der Waals surface area (Å²) in [6.45, 7) is 1.01. The van der Waals surface area contributed by atoms with E-state index in [1.165, 1.54) is 11.6 Å². The summed E-state index contributed by atoms with van der Waals surface area (Å²) in [5.74, 6) is 0.397. The molecule has 0 aromatic heterocycles. The molecule has 0 bridgehead atoms. The summed E-state index contributed by atoms with van der Waals surface area (Å²) >= 11 is 0. The predicted octanol–water partition coefficient (Wildman–Crippen LogP) is 3.72. The molecule has 1 saturated heterocycles. The fraction of sp³-hybridized carbons (Fsp3) is 0.294. The maximum absolute atomic E-state index is 13.3. The number of nitrogens with one attached hydrogen (secondary N) is 1. The fourth-order valence-corrected chi connectivity index (χ4v) is 2.98. The van der Waals surface area contributed by atoms with E-state index in [0.29, 0.717) is 5.92 Å². The summed E-state index contributed by atoms with van der Waals surface area (Å²) in [5, 5.41) is 3.50. The van der Waals surface area contributed by atoms with Crippen molar-refractivity contribution in [2.24, 2.45) is 5.92 Å². The van der Waals surface area contributed by atoms with Gasteiger partial charge < -0.3 is 5.32 Å². The van der Waals surface area contributed by atoms with Crippen molar-refractivity contribution in [1.82, 2.24) is 5.32 Å². The molecule has 2 atom stereocenters. The van der Waals surface area contributed by atoms with Gasteiger partial charge in [-0.3, -0.25) is 0 Å².